The zero-order valence-electron chi connectivity index (χ0n) is 17.1. The molecule has 0 spiro atoms. The molecule has 0 bridgehead atoms. The summed E-state index contributed by atoms with van der Waals surface area (Å²) in [6.07, 6.45) is -0.532. The highest BCUT2D eigenvalue weighted by Gasteiger charge is 2.46. The van der Waals surface area contributed by atoms with E-state index in [9.17, 15) is 14.0 Å². The minimum atomic E-state index is -0.881. The van der Waals surface area contributed by atoms with Crippen molar-refractivity contribution < 1.29 is 28.2 Å². The third-order valence-corrected chi connectivity index (χ3v) is 4.25. The molecule has 2 amide bonds. The molecule has 0 aromatic heterocycles. The summed E-state index contributed by atoms with van der Waals surface area (Å²) in [5.74, 6) is 3.78. The van der Waals surface area contributed by atoms with Gasteiger partial charge < -0.3 is 14.2 Å². The third kappa shape index (κ3) is 4.90. The number of nitrogens with zero attached hydrogens (tertiary/aromatic N) is 1. The van der Waals surface area contributed by atoms with Crippen LogP contribution in [0.2, 0.25) is 0 Å². The molecule has 0 radical (unpaired) electrons. The summed E-state index contributed by atoms with van der Waals surface area (Å²) in [5.41, 5.74) is 1.05. The Bertz CT molecular complexity index is 761. The normalized spacial score (nSPS) is 18.7. The van der Waals surface area contributed by atoms with Crippen LogP contribution in [0.4, 0.5) is 9.18 Å². The molecule has 1 heterocycles. The van der Waals surface area contributed by atoms with Crippen LogP contribution >= 0.6 is 0 Å². The maximum Gasteiger partial charge on any atom is 0.413 e. The topological polar surface area (TPSA) is 103 Å². The fourth-order valence-electron chi connectivity index (χ4n) is 2.96. The maximum absolute atomic E-state index is 14.3. The number of nitrogens with two attached hydrogens (primary N) is 1. The number of hydrogen-bond acceptors (Lipinski definition) is 6. The standard InChI is InChI=1S/C19H28FN3O5/c1-11-7-15(14(20)8-13(11)16(24)22-21)26-9-12-10-27-19(5,6)23(12)17(25)28-18(2,3)4/h7-8,12H,9-10,21H2,1-6H3,(H,22,24)/t12-/m0/s1. The lowest BCUT2D eigenvalue weighted by molar-refractivity contribution is -0.0637. The summed E-state index contributed by atoms with van der Waals surface area (Å²) >= 11 is 0. The van der Waals surface area contributed by atoms with E-state index >= 15 is 0 Å². The highest BCUT2D eigenvalue weighted by molar-refractivity contribution is 5.95. The number of rotatable bonds is 4. The second-order valence-electron chi connectivity index (χ2n) is 8.14. The molecule has 1 saturated heterocycles. The monoisotopic (exact) mass is 397 g/mol. The number of aryl methyl sites for hydroxylation is 1. The van der Waals surface area contributed by atoms with Crippen LogP contribution in [-0.4, -0.2) is 47.5 Å². The average molecular weight is 397 g/mol. The van der Waals surface area contributed by atoms with Crippen molar-refractivity contribution in [3.8, 4) is 5.75 Å². The molecule has 156 valence electrons. The lowest BCUT2D eigenvalue weighted by atomic mass is 10.1. The maximum atomic E-state index is 14.3. The number of nitrogen functional groups attached to an aromatic ring is 1. The molecule has 1 aromatic rings. The summed E-state index contributed by atoms with van der Waals surface area (Å²) in [4.78, 5) is 25.7. The van der Waals surface area contributed by atoms with E-state index in [-0.39, 0.29) is 24.5 Å². The summed E-state index contributed by atoms with van der Waals surface area (Å²) in [5, 5.41) is 0. The summed E-state index contributed by atoms with van der Waals surface area (Å²) in [6.45, 7) is 10.7. The van der Waals surface area contributed by atoms with Crippen LogP contribution in [0.25, 0.3) is 0 Å². The first-order valence-corrected chi connectivity index (χ1v) is 8.96. The molecule has 2 rings (SSSR count). The summed E-state index contributed by atoms with van der Waals surface area (Å²) in [6, 6.07) is 2.02. The zero-order chi connectivity index (χ0) is 21.3. The first-order chi connectivity index (χ1) is 12.9. The molecule has 0 aliphatic carbocycles. The Hall–Kier alpha value is -2.39. The number of ether oxygens (including phenoxy) is 3. The largest absolute Gasteiger partial charge is 0.488 e. The highest BCUT2D eigenvalue weighted by atomic mass is 19.1. The Morgan fingerprint density at radius 1 is 1.39 bits per heavy atom. The van der Waals surface area contributed by atoms with E-state index in [1.54, 1.807) is 41.5 Å². The van der Waals surface area contributed by atoms with E-state index in [0.29, 0.717) is 5.56 Å². The molecule has 1 aliphatic heterocycles. The van der Waals surface area contributed by atoms with Crippen LogP contribution < -0.4 is 16.0 Å². The van der Waals surface area contributed by atoms with Gasteiger partial charge in [0, 0.05) is 5.56 Å². The van der Waals surface area contributed by atoms with Gasteiger partial charge in [-0.3, -0.25) is 15.1 Å². The van der Waals surface area contributed by atoms with Crippen molar-refractivity contribution >= 4 is 12.0 Å². The Morgan fingerprint density at radius 3 is 2.61 bits per heavy atom. The van der Waals surface area contributed by atoms with Crippen molar-refractivity contribution in [3.63, 3.8) is 0 Å². The quantitative estimate of drug-likeness (QED) is 0.460. The van der Waals surface area contributed by atoms with Crippen molar-refractivity contribution in [2.45, 2.75) is 58.9 Å². The lowest BCUT2D eigenvalue weighted by Crippen LogP contribution is -2.51. The van der Waals surface area contributed by atoms with Gasteiger partial charge >= 0.3 is 6.09 Å². The minimum Gasteiger partial charge on any atom is -0.488 e. The number of hydrazine groups is 1. The second kappa shape index (κ2) is 7.92. The number of carbonyl (C=O) groups is 2. The SMILES string of the molecule is Cc1cc(OC[C@H]2COC(C)(C)N2C(=O)OC(C)(C)C)c(F)cc1C(=O)NN. The average Bonchev–Trinajstić information content (AvgIpc) is 2.87. The van der Waals surface area contributed by atoms with Gasteiger partial charge in [0.25, 0.3) is 5.91 Å². The molecule has 9 heteroatoms. The smallest absolute Gasteiger partial charge is 0.413 e. The molecule has 1 fully saturated rings. The van der Waals surface area contributed by atoms with E-state index in [1.807, 2.05) is 5.43 Å². The number of nitrogens with one attached hydrogen (secondary N) is 1. The van der Waals surface area contributed by atoms with Gasteiger partial charge in [0.2, 0.25) is 0 Å². The highest BCUT2D eigenvalue weighted by Crippen LogP contribution is 2.30. The molecular formula is C19H28FN3O5. The van der Waals surface area contributed by atoms with Crippen LogP contribution in [0.3, 0.4) is 0 Å². The molecule has 3 N–H and O–H groups in total. The van der Waals surface area contributed by atoms with Crippen LogP contribution in [-0.2, 0) is 9.47 Å². The number of halogens is 1. The van der Waals surface area contributed by atoms with Gasteiger partial charge in [-0.1, -0.05) is 0 Å². The van der Waals surface area contributed by atoms with Crippen molar-refractivity contribution in [1.82, 2.24) is 10.3 Å². The fraction of sp³-hybridized carbons (Fsp3) is 0.579. The van der Waals surface area contributed by atoms with Gasteiger partial charge in [-0.15, -0.1) is 0 Å². The van der Waals surface area contributed by atoms with Gasteiger partial charge in [0.15, 0.2) is 11.6 Å². The number of amides is 2. The van der Waals surface area contributed by atoms with E-state index in [4.69, 9.17) is 20.1 Å². The minimum absolute atomic E-state index is 0.00145. The summed E-state index contributed by atoms with van der Waals surface area (Å²) in [7, 11) is 0. The van der Waals surface area contributed by atoms with E-state index in [2.05, 4.69) is 0 Å². The first kappa shape index (κ1) is 21.9. The molecule has 1 aliphatic rings. The van der Waals surface area contributed by atoms with Gasteiger partial charge in [-0.25, -0.2) is 15.0 Å². The van der Waals surface area contributed by atoms with Gasteiger partial charge in [-0.05, 0) is 59.2 Å². The van der Waals surface area contributed by atoms with E-state index in [0.717, 1.165) is 6.07 Å². The Balaban J connectivity index is 2.15. The van der Waals surface area contributed by atoms with Crippen molar-refractivity contribution in [2.75, 3.05) is 13.2 Å². The Morgan fingerprint density at radius 2 is 2.04 bits per heavy atom. The molecule has 8 nitrogen and oxygen atoms in total. The van der Waals surface area contributed by atoms with E-state index < -0.39 is 35.2 Å². The third-order valence-electron chi connectivity index (χ3n) is 4.25. The van der Waals surface area contributed by atoms with Crippen molar-refractivity contribution in [3.05, 3.63) is 29.1 Å². The Labute approximate surface area is 164 Å². The van der Waals surface area contributed by atoms with Crippen LogP contribution in [0, 0.1) is 12.7 Å². The number of hydrogen-bond donors (Lipinski definition) is 2. The van der Waals surface area contributed by atoms with Gasteiger partial charge in [0.1, 0.15) is 17.9 Å². The first-order valence-electron chi connectivity index (χ1n) is 8.96. The fourth-order valence-corrected chi connectivity index (χ4v) is 2.96. The zero-order valence-corrected chi connectivity index (χ0v) is 17.1. The van der Waals surface area contributed by atoms with Crippen LogP contribution in [0.15, 0.2) is 12.1 Å². The summed E-state index contributed by atoms with van der Waals surface area (Å²) < 4.78 is 31.1. The van der Waals surface area contributed by atoms with Crippen LogP contribution in [0.1, 0.15) is 50.5 Å². The molecule has 1 aromatic carbocycles. The van der Waals surface area contributed by atoms with Crippen molar-refractivity contribution in [1.29, 1.82) is 0 Å². The van der Waals surface area contributed by atoms with Gasteiger partial charge in [0.05, 0.1) is 12.6 Å². The molecule has 1 atom stereocenters. The molecular weight excluding hydrogens is 369 g/mol. The molecule has 0 unspecified atom stereocenters. The number of benzene rings is 1. The van der Waals surface area contributed by atoms with Gasteiger partial charge in [-0.2, -0.15) is 0 Å². The predicted molar refractivity (Wildman–Crippen MR) is 100 cm³/mol. The Kier molecular flexibility index (Phi) is 6.20. The lowest BCUT2D eigenvalue weighted by Gasteiger charge is -2.35. The van der Waals surface area contributed by atoms with Crippen molar-refractivity contribution in [2.24, 2.45) is 5.84 Å². The predicted octanol–water partition coefficient (Wildman–Crippen LogP) is 2.49. The second-order valence-corrected chi connectivity index (χ2v) is 8.14. The molecule has 28 heavy (non-hydrogen) atoms. The molecule has 0 saturated carbocycles. The van der Waals surface area contributed by atoms with Crippen LogP contribution in [0.5, 0.6) is 5.75 Å². The number of carbonyl (C=O) groups excluding carboxylic acids is 2. The van der Waals surface area contributed by atoms with E-state index in [1.165, 1.54) is 11.0 Å².